The third-order valence-electron chi connectivity index (χ3n) is 4.01. The fraction of sp³-hybridized carbons (Fsp3) is 0.250. The summed E-state index contributed by atoms with van der Waals surface area (Å²) >= 11 is 1.64. The lowest BCUT2D eigenvalue weighted by molar-refractivity contribution is -0.139. The van der Waals surface area contributed by atoms with E-state index in [0.29, 0.717) is 23.8 Å². The highest BCUT2D eigenvalue weighted by molar-refractivity contribution is 7.17. The lowest BCUT2D eigenvalue weighted by atomic mass is 9.95. The Labute approximate surface area is 141 Å². The number of tetrazole rings is 1. The van der Waals surface area contributed by atoms with Crippen LogP contribution in [0.4, 0.5) is 5.95 Å². The average Bonchev–Trinajstić information content (AvgIpc) is 3.20. The standard InChI is InChI=1S/C16H15N5O2S/c1-3-23-15(22)13-9(2)17-16-18-19-20-21(16)14(13)11-8-24-12-7-5-4-6-10(11)12/h4-8,14H,3H2,1-2H3,(H,17,18,20). The van der Waals surface area contributed by atoms with Gasteiger partial charge >= 0.3 is 5.97 Å². The van der Waals surface area contributed by atoms with Gasteiger partial charge in [0, 0.05) is 16.0 Å². The number of aromatic nitrogens is 4. The molecule has 0 bridgehead atoms. The summed E-state index contributed by atoms with van der Waals surface area (Å²) in [5.41, 5.74) is 2.23. The van der Waals surface area contributed by atoms with Crippen molar-refractivity contribution in [1.29, 1.82) is 0 Å². The van der Waals surface area contributed by atoms with Crippen molar-refractivity contribution in [2.24, 2.45) is 0 Å². The van der Waals surface area contributed by atoms with E-state index < -0.39 is 6.04 Å². The van der Waals surface area contributed by atoms with Crippen molar-refractivity contribution in [2.45, 2.75) is 19.9 Å². The molecule has 3 heterocycles. The van der Waals surface area contributed by atoms with Crippen LogP contribution in [0.25, 0.3) is 10.1 Å². The molecule has 4 rings (SSSR count). The molecule has 1 aliphatic heterocycles. The molecule has 0 amide bonds. The van der Waals surface area contributed by atoms with Crippen LogP contribution in [-0.2, 0) is 9.53 Å². The van der Waals surface area contributed by atoms with Crippen molar-refractivity contribution in [3.8, 4) is 0 Å². The molecule has 1 aromatic carbocycles. The minimum atomic E-state index is -0.411. The summed E-state index contributed by atoms with van der Waals surface area (Å²) in [6.45, 7) is 3.95. The van der Waals surface area contributed by atoms with E-state index in [0.717, 1.165) is 15.6 Å². The molecule has 8 heteroatoms. The van der Waals surface area contributed by atoms with Gasteiger partial charge in [-0.2, -0.15) is 4.68 Å². The van der Waals surface area contributed by atoms with Crippen molar-refractivity contribution in [3.63, 3.8) is 0 Å². The van der Waals surface area contributed by atoms with Crippen LogP contribution in [0, 0.1) is 0 Å². The minimum absolute atomic E-state index is 0.315. The molecule has 0 radical (unpaired) electrons. The summed E-state index contributed by atoms with van der Waals surface area (Å²) in [5, 5.41) is 18.0. The quantitative estimate of drug-likeness (QED) is 0.738. The molecule has 122 valence electrons. The third-order valence-corrected chi connectivity index (χ3v) is 5.00. The number of hydrogen-bond donors (Lipinski definition) is 1. The second kappa shape index (κ2) is 5.72. The smallest absolute Gasteiger partial charge is 0.338 e. The third kappa shape index (κ3) is 2.18. The van der Waals surface area contributed by atoms with Gasteiger partial charge in [-0.1, -0.05) is 23.3 Å². The maximum absolute atomic E-state index is 12.6. The molecule has 0 fully saturated rings. The van der Waals surface area contributed by atoms with Gasteiger partial charge < -0.3 is 10.1 Å². The number of carbonyl (C=O) groups is 1. The molecular formula is C16H15N5O2S. The van der Waals surface area contributed by atoms with Crippen molar-refractivity contribution in [3.05, 3.63) is 46.5 Å². The minimum Gasteiger partial charge on any atom is -0.463 e. The Bertz CT molecular complexity index is 958. The van der Waals surface area contributed by atoms with Crippen molar-refractivity contribution in [1.82, 2.24) is 20.2 Å². The number of ether oxygens (including phenoxy) is 1. The number of nitrogens with zero attached hydrogens (tertiary/aromatic N) is 4. The zero-order valence-electron chi connectivity index (χ0n) is 13.2. The number of anilines is 1. The number of benzene rings is 1. The van der Waals surface area contributed by atoms with Gasteiger partial charge in [-0.05, 0) is 41.1 Å². The molecule has 0 saturated carbocycles. The lowest BCUT2D eigenvalue weighted by Crippen LogP contribution is -2.29. The molecule has 0 aliphatic carbocycles. The molecule has 24 heavy (non-hydrogen) atoms. The van der Waals surface area contributed by atoms with Gasteiger partial charge in [0.25, 0.3) is 0 Å². The summed E-state index contributed by atoms with van der Waals surface area (Å²) in [6.07, 6.45) is 0. The zero-order chi connectivity index (χ0) is 16.7. The monoisotopic (exact) mass is 341 g/mol. The SMILES string of the molecule is CCOC(=O)C1=C(C)Nc2nnnn2C1c1csc2ccccc12. The average molecular weight is 341 g/mol. The number of thiophene rings is 1. The Kier molecular flexibility index (Phi) is 3.53. The van der Waals surface area contributed by atoms with Gasteiger partial charge in [-0.15, -0.1) is 11.3 Å². The van der Waals surface area contributed by atoms with Gasteiger partial charge in [0.05, 0.1) is 12.2 Å². The van der Waals surface area contributed by atoms with E-state index in [1.807, 2.05) is 25.1 Å². The van der Waals surface area contributed by atoms with Crippen LogP contribution in [0.3, 0.4) is 0 Å². The Morgan fingerprint density at radius 3 is 3.08 bits per heavy atom. The number of hydrogen-bond acceptors (Lipinski definition) is 7. The largest absolute Gasteiger partial charge is 0.463 e. The maximum Gasteiger partial charge on any atom is 0.338 e. The van der Waals surface area contributed by atoms with E-state index in [1.54, 1.807) is 22.9 Å². The number of carbonyl (C=O) groups excluding carboxylic acids is 1. The highest BCUT2D eigenvalue weighted by Gasteiger charge is 2.36. The van der Waals surface area contributed by atoms with Crippen LogP contribution in [0.5, 0.6) is 0 Å². The number of fused-ring (bicyclic) bond motifs is 2. The van der Waals surface area contributed by atoms with Crippen molar-refractivity contribution in [2.75, 3.05) is 11.9 Å². The number of allylic oxidation sites excluding steroid dienone is 1. The highest BCUT2D eigenvalue weighted by atomic mass is 32.1. The molecule has 1 aliphatic rings. The summed E-state index contributed by atoms with van der Waals surface area (Å²) in [5.74, 6) is 0.157. The fourth-order valence-electron chi connectivity index (χ4n) is 2.98. The van der Waals surface area contributed by atoms with Crippen LogP contribution in [0.15, 0.2) is 40.9 Å². The second-order valence-corrected chi connectivity index (χ2v) is 6.33. The van der Waals surface area contributed by atoms with Gasteiger partial charge in [-0.25, -0.2) is 4.79 Å². The van der Waals surface area contributed by atoms with Gasteiger partial charge in [0.1, 0.15) is 6.04 Å². The van der Waals surface area contributed by atoms with Crippen molar-refractivity contribution >= 4 is 33.3 Å². The van der Waals surface area contributed by atoms with E-state index in [2.05, 4.69) is 32.3 Å². The van der Waals surface area contributed by atoms with E-state index in [9.17, 15) is 4.79 Å². The van der Waals surface area contributed by atoms with Crippen LogP contribution < -0.4 is 5.32 Å². The number of nitrogens with one attached hydrogen (secondary N) is 1. The number of rotatable bonds is 3. The Hall–Kier alpha value is -2.74. The molecule has 3 aromatic rings. The Morgan fingerprint density at radius 1 is 1.42 bits per heavy atom. The van der Waals surface area contributed by atoms with Crippen LogP contribution in [0.2, 0.25) is 0 Å². The van der Waals surface area contributed by atoms with E-state index in [-0.39, 0.29) is 5.97 Å². The fourth-order valence-corrected chi connectivity index (χ4v) is 3.96. The maximum atomic E-state index is 12.6. The first-order valence-electron chi connectivity index (χ1n) is 7.59. The van der Waals surface area contributed by atoms with Gasteiger partial charge in [0.15, 0.2) is 0 Å². The van der Waals surface area contributed by atoms with Crippen LogP contribution in [-0.4, -0.2) is 32.8 Å². The first kappa shape index (κ1) is 14.8. The molecule has 1 atom stereocenters. The van der Waals surface area contributed by atoms with E-state index in [1.165, 1.54) is 0 Å². The summed E-state index contributed by atoms with van der Waals surface area (Å²) in [4.78, 5) is 12.6. The zero-order valence-corrected chi connectivity index (χ0v) is 14.0. The molecule has 7 nitrogen and oxygen atoms in total. The molecule has 1 N–H and O–H groups in total. The van der Waals surface area contributed by atoms with Crippen LogP contribution in [0.1, 0.15) is 25.5 Å². The van der Waals surface area contributed by atoms with Crippen LogP contribution >= 0.6 is 11.3 Å². The van der Waals surface area contributed by atoms with Gasteiger partial charge in [-0.3, -0.25) is 0 Å². The number of esters is 1. The molecule has 1 unspecified atom stereocenters. The first-order valence-corrected chi connectivity index (χ1v) is 8.47. The predicted molar refractivity (Wildman–Crippen MR) is 90.7 cm³/mol. The summed E-state index contributed by atoms with van der Waals surface area (Å²) in [7, 11) is 0. The predicted octanol–water partition coefficient (Wildman–Crippen LogP) is 2.74. The second-order valence-electron chi connectivity index (χ2n) is 5.42. The van der Waals surface area contributed by atoms with Gasteiger partial charge in [0.2, 0.25) is 5.95 Å². The Morgan fingerprint density at radius 2 is 2.25 bits per heavy atom. The molecule has 0 saturated heterocycles. The summed E-state index contributed by atoms with van der Waals surface area (Å²) < 4.78 is 8.06. The van der Waals surface area contributed by atoms with E-state index >= 15 is 0 Å². The molecule has 2 aromatic heterocycles. The lowest BCUT2D eigenvalue weighted by Gasteiger charge is -2.27. The van der Waals surface area contributed by atoms with Crippen molar-refractivity contribution < 1.29 is 9.53 Å². The van der Waals surface area contributed by atoms with E-state index in [4.69, 9.17) is 4.74 Å². The molecule has 0 spiro atoms. The molecular weight excluding hydrogens is 326 g/mol. The Balaban J connectivity index is 1.94. The topological polar surface area (TPSA) is 81.9 Å². The first-order chi connectivity index (χ1) is 11.7. The summed E-state index contributed by atoms with van der Waals surface area (Å²) in [6, 6.07) is 7.69. The normalized spacial score (nSPS) is 16.8. The highest BCUT2D eigenvalue weighted by Crippen LogP contribution is 2.40.